The summed E-state index contributed by atoms with van der Waals surface area (Å²) in [5.74, 6) is 0. The molecule has 0 amide bonds. The number of aryl methyl sites for hydroxylation is 1. The number of thiazole rings is 1. The molecule has 0 saturated heterocycles. The van der Waals surface area contributed by atoms with Crippen molar-refractivity contribution in [2.75, 3.05) is 25.5 Å². The first kappa shape index (κ1) is 13.8. The second-order valence-corrected chi connectivity index (χ2v) is 6.20. The van der Waals surface area contributed by atoms with Gasteiger partial charge in [-0.2, -0.15) is 0 Å². The minimum Gasteiger partial charge on any atom is -0.361 e. The van der Waals surface area contributed by atoms with E-state index in [-0.39, 0.29) is 0 Å². The average Bonchev–Trinajstić information content (AvgIpc) is 2.81. The largest absolute Gasteiger partial charge is 0.361 e. The van der Waals surface area contributed by atoms with Crippen LogP contribution < -0.4 is 5.32 Å². The van der Waals surface area contributed by atoms with Gasteiger partial charge in [0.25, 0.3) is 0 Å². The lowest BCUT2D eigenvalue weighted by Gasteiger charge is -2.31. The van der Waals surface area contributed by atoms with Crippen molar-refractivity contribution >= 4 is 16.5 Å². The fourth-order valence-corrected chi connectivity index (χ4v) is 3.38. The Labute approximate surface area is 115 Å². The van der Waals surface area contributed by atoms with Crippen molar-refractivity contribution in [2.24, 2.45) is 0 Å². The SMILES string of the molecule is Cc1csc(NCCCN(C)C2CCCCC2)n1. The van der Waals surface area contributed by atoms with E-state index in [1.807, 2.05) is 6.92 Å². The molecule has 4 heteroatoms. The van der Waals surface area contributed by atoms with E-state index in [0.29, 0.717) is 0 Å². The number of anilines is 1. The van der Waals surface area contributed by atoms with Crippen LogP contribution in [-0.4, -0.2) is 36.1 Å². The zero-order chi connectivity index (χ0) is 12.8. The van der Waals surface area contributed by atoms with Crippen LogP contribution in [0.4, 0.5) is 5.13 Å². The van der Waals surface area contributed by atoms with Crippen LogP contribution in [-0.2, 0) is 0 Å². The van der Waals surface area contributed by atoms with Crippen LogP contribution >= 0.6 is 11.3 Å². The summed E-state index contributed by atoms with van der Waals surface area (Å²) in [6.07, 6.45) is 8.28. The van der Waals surface area contributed by atoms with Gasteiger partial charge in [-0.1, -0.05) is 19.3 Å². The standard InChI is InChI=1S/C14H25N3S/c1-12-11-18-14(16-12)15-9-6-10-17(2)13-7-4-3-5-8-13/h11,13H,3-10H2,1-2H3,(H,15,16). The van der Waals surface area contributed by atoms with Crippen LogP contribution in [0.2, 0.25) is 0 Å². The molecule has 1 fully saturated rings. The number of nitrogens with zero attached hydrogens (tertiary/aromatic N) is 2. The molecule has 0 unspecified atom stereocenters. The number of rotatable bonds is 6. The minimum atomic E-state index is 0.834. The summed E-state index contributed by atoms with van der Waals surface area (Å²) < 4.78 is 0. The van der Waals surface area contributed by atoms with Gasteiger partial charge in [0.2, 0.25) is 0 Å². The third-order valence-corrected chi connectivity index (χ3v) is 4.70. The van der Waals surface area contributed by atoms with Gasteiger partial charge in [-0.05, 0) is 39.8 Å². The fourth-order valence-electron chi connectivity index (χ4n) is 2.66. The highest BCUT2D eigenvalue weighted by Crippen LogP contribution is 2.21. The summed E-state index contributed by atoms with van der Waals surface area (Å²) in [5, 5.41) is 6.56. The molecule has 2 rings (SSSR count). The topological polar surface area (TPSA) is 28.2 Å². The Morgan fingerprint density at radius 2 is 2.17 bits per heavy atom. The Bertz CT molecular complexity index is 345. The molecule has 1 heterocycles. The summed E-state index contributed by atoms with van der Waals surface area (Å²) >= 11 is 1.70. The molecule has 1 aliphatic rings. The van der Waals surface area contributed by atoms with Crippen LogP contribution in [0.3, 0.4) is 0 Å². The Balaban J connectivity index is 1.59. The van der Waals surface area contributed by atoms with E-state index in [2.05, 4.69) is 27.6 Å². The Morgan fingerprint density at radius 3 is 2.83 bits per heavy atom. The molecule has 3 nitrogen and oxygen atoms in total. The zero-order valence-electron chi connectivity index (χ0n) is 11.6. The molecule has 0 aliphatic heterocycles. The van der Waals surface area contributed by atoms with Crippen molar-refractivity contribution in [3.05, 3.63) is 11.1 Å². The first-order valence-corrected chi connectivity index (χ1v) is 8.00. The number of hydrogen-bond donors (Lipinski definition) is 1. The van der Waals surface area contributed by atoms with E-state index < -0.39 is 0 Å². The highest BCUT2D eigenvalue weighted by molar-refractivity contribution is 7.13. The predicted molar refractivity (Wildman–Crippen MR) is 79.5 cm³/mol. The van der Waals surface area contributed by atoms with Crippen LogP contribution in [0.25, 0.3) is 0 Å². The molecule has 1 aliphatic carbocycles. The lowest BCUT2D eigenvalue weighted by Crippen LogP contribution is -2.34. The van der Waals surface area contributed by atoms with Gasteiger partial charge in [0, 0.05) is 18.0 Å². The van der Waals surface area contributed by atoms with Gasteiger partial charge in [-0.15, -0.1) is 11.3 Å². The molecule has 1 aromatic rings. The lowest BCUT2D eigenvalue weighted by atomic mass is 9.94. The maximum absolute atomic E-state index is 4.41. The molecule has 0 spiro atoms. The van der Waals surface area contributed by atoms with Crippen LogP contribution in [0.5, 0.6) is 0 Å². The quantitative estimate of drug-likeness (QED) is 0.799. The summed E-state index contributed by atoms with van der Waals surface area (Å²) in [7, 11) is 2.28. The Morgan fingerprint density at radius 1 is 1.39 bits per heavy atom. The summed E-state index contributed by atoms with van der Waals surface area (Å²) in [4.78, 5) is 6.96. The van der Waals surface area contributed by atoms with Gasteiger partial charge in [-0.3, -0.25) is 0 Å². The van der Waals surface area contributed by atoms with Gasteiger partial charge in [0.05, 0.1) is 5.69 Å². The zero-order valence-corrected chi connectivity index (χ0v) is 12.4. The van der Waals surface area contributed by atoms with Gasteiger partial charge in [0.15, 0.2) is 5.13 Å². The molecule has 1 aromatic heterocycles. The van der Waals surface area contributed by atoms with Gasteiger partial charge in [-0.25, -0.2) is 4.98 Å². The number of aromatic nitrogens is 1. The first-order chi connectivity index (χ1) is 8.75. The maximum atomic E-state index is 4.41. The van der Waals surface area contributed by atoms with E-state index in [4.69, 9.17) is 0 Å². The monoisotopic (exact) mass is 267 g/mol. The lowest BCUT2D eigenvalue weighted by molar-refractivity contribution is 0.191. The molecule has 0 aromatic carbocycles. The van der Waals surface area contributed by atoms with E-state index in [0.717, 1.165) is 23.4 Å². The van der Waals surface area contributed by atoms with Crippen molar-refractivity contribution < 1.29 is 0 Å². The average molecular weight is 267 g/mol. The Hall–Kier alpha value is -0.610. The van der Waals surface area contributed by atoms with Gasteiger partial charge in [0.1, 0.15) is 0 Å². The van der Waals surface area contributed by atoms with Crippen molar-refractivity contribution in [3.8, 4) is 0 Å². The fraction of sp³-hybridized carbons (Fsp3) is 0.786. The first-order valence-electron chi connectivity index (χ1n) is 7.12. The highest BCUT2D eigenvalue weighted by atomic mass is 32.1. The molecule has 102 valence electrons. The van der Waals surface area contributed by atoms with Crippen molar-refractivity contribution in [2.45, 2.75) is 51.5 Å². The summed E-state index contributed by atoms with van der Waals surface area (Å²) in [5.41, 5.74) is 1.11. The molecular weight excluding hydrogens is 242 g/mol. The van der Waals surface area contributed by atoms with Crippen molar-refractivity contribution in [3.63, 3.8) is 0 Å². The molecule has 18 heavy (non-hydrogen) atoms. The van der Waals surface area contributed by atoms with E-state index >= 15 is 0 Å². The second-order valence-electron chi connectivity index (χ2n) is 5.35. The van der Waals surface area contributed by atoms with Crippen molar-refractivity contribution in [1.29, 1.82) is 0 Å². The number of nitrogens with one attached hydrogen (secondary N) is 1. The molecular formula is C14H25N3S. The van der Waals surface area contributed by atoms with E-state index in [9.17, 15) is 0 Å². The van der Waals surface area contributed by atoms with E-state index in [1.54, 1.807) is 11.3 Å². The van der Waals surface area contributed by atoms with E-state index in [1.165, 1.54) is 45.1 Å². The molecule has 0 radical (unpaired) electrons. The number of hydrogen-bond acceptors (Lipinski definition) is 4. The third-order valence-electron chi connectivity index (χ3n) is 3.78. The van der Waals surface area contributed by atoms with Crippen molar-refractivity contribution in [1.82, 2.24) is 9.88 Å². The molecule has 0 bridgehead atoms. The van der Waals surface area contributed by atoms with Gasteiger partial charge < -0.3 is 10.2 Å². The molecule has 0 atom stereocenters. The summed E-state index contributed by atoms with van der Waals surface area (Å²) in [6, 6.07) is 0.834. The predicted octanol–water partition coefficient (Wildman–Crippen LogP) is 3.52. The Kier molecular flexibility index (Phi) is 5.45. The molecule has 1 saturated carbocycles. The second kappa shape index (κ2) is 7.10. The van der Waals surface area contributed by atoms with Gasteiger partial charge >= 0.3 is 0 Å². The third kappa shape index (κ3) is 4.25. The van der Waals surface area contributed by atoms with Crippen LogP contribution in [0, 0.1) is 6.92 Å². The summed E-state index contributed by atoms with van der Waals surface area (Å²) in [6.45, 7) is 4.27. The minimum absolute atomic E-state index is 0.834. The highest BCUT2D eigenvalue weighted by Gasteiger charge is 2.17. The smallest absolute Gasteiger partial charge is 0.182 e. The van der Waals surface area contributed by atoms with Crippen LogP contribution in [0.1, 0.15) is 44.2 Å². The molecule has 1 N–H and O–H groups in total. The maximum Gasteiger partial charge on any atom is 0.182 e. The van der Waals surface area contributed by atoms with Crippen LogP contribution in [0.15, 0.2) is 5.38 Å². The normalized spacial score (nSPS) is 17.3.